The zero-order valence-electron chi connectivity index (χ0n) is 16.5. The fraction of sp³-hybridized carbons (Fsp3) is 0.130. The molecular formula is C23H19F3N2O3. The molecule has 0 aliphatic heterocycles. The van der Waals surface area contributed by atoms with Crippen LogP contribution in [-0.4, -0.2) is 18.9 Å². The molecule has 0 bridgehead atoms. The van der Waals surface area contributed by atoms with Gasteiger partial charge in [-0.3, -0.25) is 9.59 Å². The molecule has 3 aromatic rings. The maximum Gasteiger partial charge on any atom is 0.416 e. The number of methoxy groups -OCH3 is 1. The zero-order chi connectivity index (χ0) is 22.4. The number of rotatable bonds is 6. The molecule has 3 rings (SSSR count). The van der Waals surface area contributed by atoms with Crippen LogP contribution in [0.1, 0.15) is 21.5 Å². The third kappa shape index (κ3) is 6.08. The molecule has 0 spiro atoms. The van der Waals surface area contributed by atoms with Gasteiger partial charge in [-0.15, -0.1) is 0 Å². The Kier molecular flexibility index (Phi) is 6.59. The standard InChI is InChI=1S/C23H19F3N2O3/c1-31-20-12-10-19(11-13-20)28-22(30)16-4-8-18(9-5-16)27-21(29)14-15-2-6-17(7-3-15)23(24,25)26/h2-13H,14H2,1H3,(H,27,29)(H,28,30). The summed E-state index contributed by atoms with van der Waals surface area (Å²) in [6.07, 6.45) is -4.49. The van der Waals surface area contributed by atoms with Gasteiger partial charge in [0, 0.05) is 16.9 Å². The number of amides is 2. The number of halogens is 3. The number of carbonyl (C=O) groups excluding carboxylic acids is 2. The predicted octanol–water partition coefficient (Wildman–Crippen LogP) is 5.15. The van der Waals surface area contributed by atoms with E-state index in [2.05, 4.69) is 10.6 Å². The summed E-state index contributed by atoms with van der Waals surface area (Å²) in [6, 6.07) is 17.6. The number of hydrogen-bond donors (Lipinski definition) is 2. The van der Waals surface area contributed by atoms with Crippen LogP contribution in [0.15, 0.2) is 72.8 Å². The molecule has 0 aliphatic rings. The summed E-state index contributed by atoms with van der Waals surface area (Å²) in [7, 11) is 1.55. The van der Waals surface area contributed by atoms with E-state index in [1.165, 1.54) is 12.1 Å². The van der Waals surface area contributed by atoms with Crippen molar-refractivity contribution in [2.24, 2.45) is 0 Å². The third-order valence-electron chi connectivity index (χ3n) is 4.42. The van der Waals surface area contributed by atoms with Gasteiger partial charge < -0.3 is 15.4 Å². The van der Waals surface area contributed by atoms with Crippen LogP contribution < -0.4 is 15.4 Å². The van der Waals surface area contributed by atoms with Gasteiger partial charge in [-0.05, 0) is 66.2 Å². The first kappa shape index (κ1) is 21.9. The van der Waals surface area contributed by atoms with Crippen LogP contribution in [0.4, 0.5) is 24.5 Å². The van der Waals surface area contributed by atoms with E-state index >= 15 is 0 Å². The largest absolute Gasteiger partial charge is 0.497 e. The second-order valence-corrected chi connectivity index (χ2v) is 6.68. The Bertz CT molecular complexity index is 1050. The molecule has 5 nitrogen and oxygen atoms in total. The molecule has 160 valence electrons. The Balaban J connectivity index is 1.55. The molecule has 0 atom stereocenters. The molecule has 0 radical (unpaired) electrons. The first-order valence-corrected chi connectivity index (χ1v) is 9.26. The smallest absolute Gasteiger partial charge is 0.416 e. The Labute approximate surface area is 176 Å². The van der Waals surface area contributed by atoms with Gasteiger partial charge in [0.1, 0.15) is 5.75 Å². The lowest BCUT2D eigenvalue weighted by atomic mass is 10.1. The van der Waals surface area contributed by atoms with Crippen molar-refractivity contribution >= 4 is 23.2 Å². The Morgan fingerprint density at radius 2 is 1.35 bits per heavy atom. The van der Waals surface area contributed by atoms with E-state index in [9.17, 15) is 22.8 Å². The van der Waals surface area contributed by atoms with Crippen LogP contribution in [-0.2, 0) is 17.4 Å². The summed E-state index contributed by atoms with van der Waals surface area (Å²) >= 11 is 0. The fourth-order valence-corrected chi connectivity index (χ4v) is 2.78. The van der Waals surface area contributed by atoms with Gasteiger partial charge in [0.15, 0.2) is 0 Å². The predicted molar refractivity (Wildman–Crippen MR) is 111 cm³/mol. The SMILES string of the molecule is COc1ccc(NC(=O)c2ccc(NC(=O)Cc3ccc(C(F)(F)F)cc3)cc2)cc1. The quantitative estimate of drug-likeness (QED) is 0.571. The van der Waals surface area contributed by atoms with Crippen molar-refractivity contribution in [3.8, 4) is 5.75 Å². The van der Waals surface area contributed by atoms with Crippen molar-refractivity contribution in [1.82, 2.24) is 0 Å². The van der Waals surface area contributed by atoms with Crippen LogP contribution in [0.25, 0.3) is 0 Å². The van der Waals surface area contributed by atoms with E-state index in [1.54, 1.807) is 55.6 Å². The Morgan fingerprint density at radius 3 is 1.90 bits per heavy atom. The van der Waals surface area contributed by atoms with E-state index in [0.29, 0.717) is 28.3 Å². The lowest BCUT2D eigenvalue weighted by molar-refractivity contribution is -0.137. The number of ether oxygens (including phenoxy) is 1. The lowest BCUT2D eigenvalue weighted by Gasteiger charge is -2.09. The fourth-order valence-electron chi connectivity index (χ4n) is 2.78. The second-order valence-electron chi connectivity index (χ2n) is 6.68. The minimum absolute atomic E-state index is 0.0716. The number of nitrogens with one attached hydrogen (secondary N) is 2. The molecule has 2 amide bonds. The molecule has 0 aromatic heterocycles. The lowest BCUT2D eigenvalue weighted by Crippen LogP contribution is -2.15. The van der Waals surface area contributed by atoms with Gasteiger partial charge in [-0.1, -0.05) is 12.1 Å². The highest BCUT2D eigenvalue weighted by Gasteiger charge is 2.29. The monoisotopic (exact) mass is 428 g/mol. The average molecular weight is 428 g/mol. The first-order valence-electron chi connectivity index (χ1n) is 9.26. The van der Waals surface area contributed by atoms with Crippen LogP contribution in [0.2, 0.25) is 0 Å². The highest BCUT2D eigenvalue weighted by Crippen LogP contribution is 2.29. The number of carbonyl (C=O) groups is 2. The van der Waals surface area contributed by atoms with E-state index in [-0.39, 0.29) is 18.2 Å². The van der Waals surface area contributed by atoms with Crippen LogP contribution >= 0.6 is 0 Å². The van der Waals surface area contributed by atoms with Crippen molar-refractivity contribution in [3.05, 3.63) is 89.5 Å². The summed E-state index contributed by atoms with van der Waals surface area (Å²) < 4.78 is 42.9. The molecule has 0 heterocycles. The molecular weight excluding hydrogens is 409 g/mol. The number of alkyl halides is 3. The molecule has 0 unspecified atom stereocenters. The second kappa shape index (κ2) is 9.34. The summed E-state index contributed by atoms with van der Waals surface area (Å²) in [5.41, 5.74) is 1.18. The van der Waals surface area contributed by atoms with Crippen LogP contribution in [0, 0.1) is 0 Å². The molecule has 3 aromatic carbocycles. The minimum Gasteiger partial charge on any atom is -0.497 e. The molecule has 31 heavy (non-hydrogen) atoms. The van der Waals surface area contributed by atoms with Crippen molar-refractivity contribution in [3.63, 3.8) is 0 Å². The zero-order valence-corrected chi connectivity index (χ0v) is 16.5. The summed E-state index contributed by atoms with van der Waals surface area (Å²) in [5, 5.41) is 5.41. The van der Waals surface area contributed by atoms with Gasteiger partial charge in [0.05, 0.1) is 19.1 Å². The average Bonchev–Trinajstić information content (AvgIpc) is 2.74. The summed E-state index contributed by atoms with van der Waals surface area (Å²) in [6.45, 7) is 0. The van der Waals surface area contributed by atoms with Crippen LogP contribution in [0.5, 0.6) is 5.75 Å². The molecule has 2 N–H and O–H groups in total. The maximum absolute atomic E-state index is 12.6. The summed E-state index contributed by atoms with van der Waals surface area (Å²) in [4.78, 5) is 24.5. The van der Waals surface area contributed by atoms with Gasteiger partial charge in [0.2, 0.25) is 5.91 Å². The van der Waals surface area contributed by atoms with E-state index in [0.717, 1.165) is 12.1 Å². The van der Waals surface area contributed by atoms with Crippen molar-refractivity contribution in [2.75, 3.05) is 17.7 Å². The van der Waals surface area contributed by atoms with Gasteiger partial charge in [-0.2, -0.15) is 13.2 Å². The number of benzene rings is 3. The van der Waals surface area contributed by atoms with Gasteiger partial charge >= 0.3 is 6.18 Å². The normalized spacial score (nSPS) is 11.0. The van der Waals surface area contributed by atoms with Gasteiger partial charge in [0.25, 0.3) is 5.91 Å². The van der Waals surface area contributed by atoms with E-state index in [4.69, 9.17) is 4.74 Å². The van der Waals surface area contributed by atoms with Crippen molar-refractivity contribution in [2.45, 2.75) is 12.6 Å². The molecule has 0 fully saturated rings. The Hall–Kier alpha value is -3.81. The highest BCUT2D eigenvalue weighted by molar-refractivity contribution is 6.04. The van der Waals surface area contributed by atoms with Crippen molar-refractivity contribution < 1.29 is 27.5 Å². The first-order chi connectivity index (χ1) is 14.7. The third-order valence-corrected chi connectivity index (χ3v) is 4.42. The topological polar surface area (TPSA) is 67.4 Å². The van der Waals surface area contributed by atoms with E-state index < -0.39 is 11.7 Å². The molecule has 0 aliphatic carbocycles. The molecule has 8 heteroatoms. The van der Waals surface area contributed by atoms with Gasteiger partial charge in [-0.25, -0.2) is 0 Å². The van der Waals surface area contributed by atoms with Crippen LogP contribution in [0.3, 0.4) is 0 Å². The highest BCUT2D eigenvalue weighted by atomic mass is 19.4. The van der Waals surface area contributed by atoms with Crippen molar-refractivity contribution in [1.29, 1.82) is 0 Å². The molecule has 0 saturated heterocycles. The number of anilines is 2. The number of hydrogen-bond acceptors (Lipinski definition) is 3. The Morgan fingerprint density at radius 1 is 0.806 bits per heavy atom. The maximum atomic E-state index is 12.6. The minimum atomic E-state index is -4.41. The van der Waals surface area contributed by atoms with E-state index in [1.807, 2.05) is 0 Å². The summed E-state index contributed by atoms with van der Waals surface area (Å²) in [5.74, 6) is -0.0163. The molecule has 0 saturated carbocycles.